The summed E-state index contributed by atoms with van der Waals surface area (Å²) >= 11 is 0. The molecule has 2 aliphatic heterocycles. The van der Waals surface area contributed by atoms with E-state index in [1.807, 2.05) is 96.4 Å². The number of nitrogens with zero attached hydrogens (tertiary/aromatic N) is 4. The maximum absolute atomic E-state index is 14.4. The molecule has 2 aliphatic rings. The Bertz CT molecular complexity index is 3050. The Balaban J connectivity index is 0.885. The highest BCUT2D eigenvalue weighted by molar-refractivity contribution is 5.94. The van der Waals surface area contributed by atoms with Gasteiger partial charge < -0.3 is 39.9 Å². The van der Waals surface area contributed by atoms with E-state index in [-0.39, 0.29) is 47.8 Å². The van der Waals surface area contributed by atoms with E-state index in [1.165, 1.54) is 14.2 Å². The van der Waals surface area contributed by atoms with Crippen LogP contribution < -0.4 is 10.6 Å². The number of aromatic nitrogens is 4. The molecule has 8 aromatic rings. The van der Waals surface area contributed by atoms with Gasteiger partial charge in [-0.15, -0.1) is 0 Å². The van der Waals surface area contributed by atoms with Gasteiger partial charge in [0.15, 0.2) is 0 Å². The number of alkyl carbamates (subject to hydrolysis) is 2. The fourth-order valence-electron chi connectivity index (χ4n) is 10.5. The lowest BCUT2D eigenvalue weighted by Gasteiger charge is -2.32. The van der Waals surface area contributed by atoms with E-state index in [2.05, 4.69) is 95.1 Å². The summed E-state index contributed by atoms with van der Waals surface area (Å²) in [6.07, 6.45) is 0.0906. The summed E-state index contributed by atoms with van der Waals surface area (Å²) in [4.78, 5) is 74.6. The third-order valence-corrected chi connectivity index (χ3v) is 14.7. The van der Waals surface area contributed by atoms with Crippen LogP contribution in [0.4, 0.5) is 9.59 Å². The summed E-state index contributed by atoms with van der Waals surface area (Å²) in [5.74, 6) is 1.38. The Morgan fingerprint density at radius 3 is 1.29 bits per heavy atom. The first kappa shape index (κ1) is 45.8. The van der Waals surface area contributed by atoms with Crippen molar-refractivity contribution >= 4 is 56.8 Å². The Morgan fingerprint density at radius 2 is 0.900 bits per heavy atom. The van der Waals surface area contributed by atoms with Gasteiger partial charge in [0.25, 0.3) is 11.8 Å². The quantitative estimate of drug-likeness (QED) is 0.105. The SMILES string of the molecule is COC(=O)N[C@@H](C(=O)N1[C@H](C)[C@H](C)C[C@H]1c1nc2ccc(-c3ccc4cc(-c5ccc6nc([C@@H]7C[C@@H](C)[C@@H](C)N7C(=O)[C@H](NC(=O)OC)c7ccccc7)[nH]c6c5)ccc4c3)cc2[nH]1)c1ccccc1. The largest absolute Gasteiger partial charge is 0.453 e. The number of rotatable bonds is 10. The number of hydrogen-bond acceptors (Lipinski definition) is 8. The Morgan fingerprint density at radius 1 is 0.529 bits per heavy atom. The number of imidazole rings is 2. The predicted molar refractivity (Wildman–Crippen MR) is 269 cm³/mol. The standard InChI is InChI=1S/C56H56N8O6/c1-31-25-47(63(33(31)3)53(65)49(61-55(67)69-5)35-13-9-7-10-14-35)51-57-43-23-21-41(29-45(43)59-51)39-19-17-38-28-40(20-18-37(38)27-39)42-22-24-44-46(30-42)60-52(58-44)48-26-32(2)34(4)64(48)54(66)50(62-56(68)70-6)36-15-11-8-12-16-36/h7-24,27-34,47-50H,25-26H2,1-6H3,(H,57,59)(H,58,60)(H,61,67)(H,62,68)/t31-,32-,33-,34-,47+,48+,49-,50-/m1/s1. The van der Waals surface area contributed by atoms with E-state index in [0.29, 0.717) is 22.8 Å². The number of aromatic amines is 2. The van der Waals surface area contributed by atoms with Crippen molar-refractivity contribution < 1.29 is 28.7 Å². The normalized spacial score (nSPS) is 20.9. The fourth-order valence-corrected chi connectivity index (χ4v) is 10.5. The van der Waals surface area contributed by atoms with Crippen LogP contribution in [0, 0.1) is 11.8 Å². The molecule has 4 heterocycles. The molecular formula is C56H56N8O6. The Hall–Kier alpha value is -8.00. The molecule has 4 amide bonds. The van der Waals surface area contributed by atoms with E-state index in [1.54, 1.807) is 0 Å². The van der Waals surface area contributed by atoms with Crippen molar-refractivity contribution in [3.05, 3.63) is 156 Å². The zero-order valence-corrected chi connectivity index (χ0v) is 40.0. The molecule has 356 valence electrons. The minimum Gasteiger partial charge on any atom is -0.453 e. The van der Waals surface area contributed by atoms with E-state index in [0.717, 1.165) is 67.9 Å². The summed E-state index contributed by atoms with van der Waals surface area (Å²) in [6, 6.07) is 41.2. The van der Waals surface area contributed by atoms with Crippen LogP contribution in [0.1, 0.15) is 87.5 Å². The van der Waals surface area contributed by atoms with Crippen LogP contribution in [0.15, 0.2) is 133 Å². The number of ether oxygens (including phenoxy) is 2. The maximum Gasteiger partial charge on any atom is 0.407 e. The third-order valence-electron chi connectivity index (χ3n) is 14.7. The van der Waals surface area contributed by atoms with E-state index < -0.39 is 24.3 Å². The van der Waals surface area contributed by atoms with Gasteiger partial charge in [0, 0.05) is 12.1 Å². The Labute approximate surface area is 405 Å². The lowest BCUT2D eigenvalue weighted by atomic mass is 9.97. The number of H-pyrrole nitrogens is 2. The summed E-state index contributed by atoms with van der Waals surface area (Å²) in [5, 5.41) is 7.73. The Kier molecular flexibility index (Phi) is 12.3. The van der Waals surface area contributed by atoms with Crippen molar-refractivity contribution in [2.45, 2.75) is 76.8 Å². The predicted octanol–water partition coefficient (Wildman–Crippen LogP) is 10.7. The zero-order chi connectivity index (χ0) is 48.8. The molecule has 0 saturated carbocycles. The highest BCUT2D eigenvalue weighted by Gasteiger charge is 2.46. The van der Waals surface area contributed by atoms with Gasteiger partial charge in [-0.05, 0) is 119 Å². The number of hydrogen-bond donors (Lipinski definition) is 4. The van der Waals surface area contributed by atoms with Crippen molar-refractivity contribution in [3.63, 3.8) is 0 Å². The molecule has 0 unspecified atom stereocenters. The van der Waals surface area contributed by atoms with Gasteiger partial charge in [-0.1, -0.05) is 111 Å². The van der Waals surface area contributed by atoms with Crippen LogP contribution in [-0.4, -0.2) is 80.0 Å². The molecule has 70 heavy (non-hydrogen) atoms. The molecule has 14 nitrogen and oxygen atoms in total. The second kappa shape index (κ2) is 18.8. The highest BCUT2D eigenvalue weighted by atomic mass is 16.5. The van der Waals surface area contributed by atoms with Crippen LogP contribution in [0.2, 0.25) is 0 Å². The lowest BCUT2D eigenvalue weighted by molar-refractivity contribution is -0.137. The fraction of sp³-hybridized carbons (Fsp3) is 0.286. The molecule has 8 atom stereocenters. The molecule has 14 heteroatoms. The monoisotopic (exact) mass is 936 g/mol. The zero-order valence-electron chi connectivity index (χ0n) is 40.0. The average Bonchev–Trinajstić information content (AvgIpc) is 4.16. The summed E-state index contributed by atoms with van der Waals surface area (Å²) in [6.45, 7) is 8.38. The van der Waals surface area contributed by atoms with Crippen LogP contribution in [-0.2, 0) is 19.1 Å². The highest BCUT2D eigenvalue weighted by Crippen LogP contribution is 2.43. The summed E-state index contributed by atoms with van der Waals surface area (Å²) < 4.78 is 9.82. The molecule has 2 fully saturated rings. The molecule has 0 radical (unpaired) electrons. The summed E-state index contributed by atoms with van der Waals surface area (Å²) in [7, 11) is 2.58. The third kappa shape index (κ3) is 8.58. The van der Waals surface area contributed by atoms with E-state index in [9.17, 15) is 19.2 Å². The number of carbonyl (C=O) groups excluding carboxylic acids is 4. The smallest absolute Gasteiger partial charge is 0.407 e. The van der Waals surface area contributed by atoms with Crippen molar-refractivity contribution in [2.24, 2.45) is 11.8 Å². The van der Waals surface area contributed by atoms with Crippen LogP contribution in [0.3, 0.4) is 0 Å². The van der Waals surface area contributed by atoms with Gasteiger partial charge in [-0.25, -0.2) is 19.6 Å². The van der Waals surface area contributed by atoms with Gasteiger partial charge in [0.05, 0.1) is 48.4 Å². The number of likely N-dealkylation sites (tertiary alicyclic amines) is 2. The molecule has 2 saturated heterocycles. The minimum absolute atomic E-state index is 0.0926. The number of fused-ring (bicyclic) bond motifs is 3. The van der Waals surface area contributed by atoms with Crippen LogP contribution >= 0.6 is 0 Å². The molecule has 0 bridgehead atoms. The van der Waals surface area contributed by atoms with E-state index >= 15 is 0 Å². The summed E-state index contributed by atoms with van der Waals surface area (Å²) in [5.41, 5.74) is 8.88. The molecule has 2 aromatic heterocycles. The number of benzene rings is 6. The molecule has 10 rings (SSSR count). The van der Waals surface area contributed by atoms with E-state index in [4.69, 9.17) is 19.4 Å². The molecule has 0 spiro atoms. The minimum atomic E-state index is -0.918. The van der Waals surface area contributed by atoms with Gasteiger partial charge in [0.2, 0.25) is 0 Å². The van der Waals surface area contributed by atoms with Crippen molar-refractivity contribution in [3.8, 4) is 22.3 Å². The molecule has 4 N–H and O–H groups in total. The van der Waals surface area contributed by atoms with Gasteiger partial charge in [-0.3, -0.25) is 9.59 Å². The van der Waals surface area contributed by atoms with Crippen molar-refractivity contribution in [1.29, 1.82) is 0 Å². The molecular weight excluding hydrogens is 881 g/mol. The van der Waals surface area contributed by atoms with Gasteiger partial charge >= 0.3 is 12.2 Å². The second-order valence-electron chi connectivity index (χ2n) is 18.9. The first-order valence-electron chi connectivity index (χ1n) is 23.9. The van der Waals surface area contributed by atoms with Crippen LogP contribution in [0.5, 0.6) is 0 Å². The second-order valence-corrected chi connectivity index (χ2v) is 18.9. The topological polar surface area (TPSA) is 175 Å². The first-order valence-corrected chi connectivity index (χ1v) is 23.9. The maximum atomic E-state index is 14.4. The number of methoxy groups -OCH3 is 2. The van der Waals surface area contributed by atoms with Crippen molar-refractivity contribution in [2.75, 3.05) is 14.2 Å². The number of amides is 4. The number of carbonyl (C=O) groups is 4. The molecule has 0 aliphatic carbocycles. The van der Waals surface area contributed by atoms with Gasteiger partial charge in [0.1, 0.15) is 23.7 Å². The average molecular weight is 937 g/mol. The first-order chi connectivity index (χ1) is 33.9. The lowest BCUT2D eigenvalue weighted by Crippen LogP contribution is -2.46. The molecule has 6 aromatic carbocycles. The van der Waals surface area contributed by atoms with Gasteiger partial charge in [-0.2, -0.15) is 0 Å². The van der Waals surface area contributed by atoms with Crippen molar-refractivity contribution in [1.82, 2.24) is 40.4 Å². The number of nitrogens with one attached hydrogen (secondary N) is 4. The van der Waals surface area contributed by atoms with Crippen LogP contribution in [0.25, 0.3) is 55.1 Å².